The second-order valence-electron chi connectivity index (χ2n) is 5.23. The lowest BCUT2D eigenvalue weighted by atomic mass is 10.1. The van der Waals surface area contributed by atoms with E-state index in [1.807, 2.05) is 0 Å². The standard InChI is InChI=1S/C18H18N2O6/c1-22-13-7-5-12(6-8-13)20-16(18(21)26-19-20)11-9-14(23-2)17(25-4)15(10-11)24-3/h5-10H,1-4H3. The van der Waals surface area contributed by atoms with Crippen LogP contribution >= 0.6 is 0 Å². The Labute approximate surface area is 150 Å². The van der Waals surface area contributed by atoms with Crippen molar-refractivity contribution < 1.29 is 33.3 Å². The van der Waals surface area contributed by atoms with Crippen LogP contribution in [0.15, 0.2) is 40.9 Å². The van der Waals surface area contributed by atoms with Gasteiger partial charge in [-0.15, -0.1) is 0 Å². The van der Waals surface area contributed by atoms with Crippen LogP contribution in [0.3, 0.4) is 0 Å². The van der Waals surface area contributed by atoms with Crippen molar-refractivity contribution in [1.82, 2.24) is 5.27 Å². The van der Waals surface area contributed by atoms with Gasteiger partial charge in [0.2, 0.25) is 11.4 Å². The summed E-state index contributed by atoms with van der Waals surface area (Å²) in [6.45, 7) is 0. The van der Waals surface area contributed by atoms with Crippen molar-refractivity contribution in [2.45, 2.75) is 0 Å². The summed E-state index contributed by atoms with van der Waals surface area (Å²) in [6.07, 6.45) is 0. The largest absolute Gasteiger partial charge is 0.539 e. The molecule has 0 aliphatic carbocycles. The Balaban J connectivity index is 2.17. The van der Waals surface area contributed by atoms with E-state index in [4.69, 9.17) is 23.5 Å². The predicted molar refractivity (Wildman–Crippen MR) is 89.1 cm³/mol. The van der Waals surface area contributed by atoms with Crippen LogP contribution < -0.4 is 28.7 Å². The molecule has 8 nitrogen and oxygen atoms in total. The lowest BCUT2D eigenvalue weighted by molar-refractivity contribution is -0.660. The fourth-order valence-electron chi connectivity index (χ4n) is 2.61. The minimum absolute atomic E-state index is 0.231. The minimum atomic E-state index is -0.588. The molecular formula is C18H18N2O6. The third-order valence-corrected chi connectivity index (χ3v) is 3.87. The van der Waals surface area contributed by atoms with Crippen molar-refractivity contribution in [2.24, 2.45) is 0 Å². The summed E-state index contributed by atoms with van der Waals surface area (Å²) < 4.78 is 27.4. The Morgan fingerprint density at radius 3 is 2.00 bits per heavy atom. The molecule has 2 aromatic carbocycles. The summed E-state index contributed by atoms with van der Waals surface area (Å²) in [7, 11) is 6.10. The average molecular weight is 358 g/mol. The van der Waals surface area contributed by atoms with E-state index >= 15 is 0 Å². The number of aromatic nitrogens is 2. The first kappa shape index (κ1) is 17.4. The van der Waals surface area contributed by atoms with Crippen LogP contribution in [0.5, 0.6) is 28.9 Å². The van der Waals surface area contributed by atoms with E-state index in [1.165, 1.54) is 26.0 Å². The van der Waals surface area contributed by atoms with Crippen LogP contribution in [0.2, 0.25) is 0 Å². The number of hydrogen-bond donors (Lipinski definition) is 0. The maximum atomic E-state index is 12.3. The van der Waals surface area contributed by atoms with Crippen molar-refractivity contribution in [1.29, 1.82) is 0 Å². The van der Waals surface area contributed by atoms with E-state index in [0.717, 1.165) is 0 Å². The Hall–Kier alpha value is -3.42. The van der Waals surface area contributed by atoms with Gasteiger partial charge in [0.1, 0.15) is 5.75 Å². The molecule has 0 fully saturated rings. The molecule has 0 radical (unpaired) electrons. The van der Waals surface area contributed by atoms with Gasteiger partial charge in [-0.25, -0.2) is 0 Å². The molecule has 3 aromatic rings. The van der Waals surface area contributed by atoms with Crippen molar-refractivity contribution >= 4 is 0 Å². The van der Waals surface area contributed by atoms with Gasteiger partial charge < -0.3 is 28.6 Å². The molecule has 0 N–H and O–H groups in total. The highest BCUT2D eigenvalue weighted by molar-refractivity contribution is 5.69. The van der Waals surface area contributed by atoms with E-state index in [0.29, 0.717) is 34.2 Å². The van der Waals surface area contributed by atoms with Crippen molar-refractivity contribution in [3.8, 4) is 45.9 Å². The molecule has 26 heavy (non-hydrogen) atoms. The van der Waals surface area contributed by atoms with Gasteiger partial charge in [-0.1, -0.05) is 0 Å². The molecular weight excluding hydrogens is 340 g/mol. The molecule has 0 aliphatic rings. The quantitative estimate of drug-likeness (QED) is 0.620. The first-order valence-corrected chi connectivity index (χ1v) is 7.66. The topological polar surface area (TPSA) is 89.9 Å². The monoisotopic (exact) mass is 358 g/mol. The fourth-order valence-corrected chi connectivity index (χ4v) is 2.61. The predicted octanol–water partition coefficient (Wildman–Crippen LogP) is 1.73. The van der Waals surface area contributed by atoms with Gasteiger partial charge >= 0.3 is 0 Å². The number of methoxy groups -OCH3 is 4. The summed E-state index contributed by atoms with van der Waals surface area (Å²) in [5.74, 6) is 1.37. The molecule has 8 heteroatoms. The summed E-state index contributed by atoms with van der Waals surface area (Å²) in [6, 6.07) is 10.4. The maximum Gasteiger partial charge on any atom is 0.271 e. The normalized spacial score (nSPS) is 10.5. The van der Waals surface area contributed by atoms with E-state index in [9.17, 15) is 5.11 Å². The van der Waals surface area contributed by atoms with E-state index in [2.05, 4.69) is 5.27 Å². The van der Waals surface area contributed by atoms with Gasteiger partial charge in [0, 0.05) is 12.1 Å². The molecule has 0 saturated heterocycles. The van der Waals surface area contributed by atoms with Crippen molar-refractivity contribution in [3.05, 3.63) is 36.4 Å². The highest BCUT2D eigenvalue weighted by Gasteiger charge is 2.25. The van der Waals surface area contributed by atoms with Crippen LogP contribution in [-0.2, 0) is 0 Å². The first-order chi connectivity index (χ1) is 12.6. The van der Waals surface area contributed by atoms with E-state index in [-0.39, 0.29) is 5.69 Å². The summed E-state index contributed by atoms with van der Waals surface area (Å²) in [5, 5.41) is 16.1. The van der Waals surface area contributed by atoms with Gasteiger partial charge in [0.15, 0.2) is 17.4 Å². The number of nitrogens with zero attached hydrogens (tertiary/aromatic N) is 2. The summed E-state index contributed by atoms with van der Waals surface area (Å²) >= 11 is 0. The van der Waals surface area contributed by atoms with Crippen molar-refractivity contribution in [2.75, 3.05) is 28.4 Å². The number of ether oxygens (including phenoxy) is 4. The van der Waals surface area contributed by atoms with Crippen LogP contribution in [0.4, 0.5) is 0 Å². The SMILES string of the molecule is COc1ccc(-[n+]2noc([O-])c2-c2cc(OC)c(OC)c(OC)c2)cc1. The Morgan fingerprint density at radius 2 is 1.50 bits per heavy atom. The van der Waals surface area contributed by atoms with E-state index in [1.54, 1.807) is 43.5 Å². The first-order valence-electron chi connectivity index (χ1n) is 7.66. The van der Waals surface area contributed by atoms with Gasteiger partial charge in [-0.3, -0.25) is 0 Å². The highest BCUT2D eigenvalue weighted by atomic mass is 16.6. The Bertz CT molecular complexity index is 880. The zero-order valence-corrected chi connectivity index (χ0v) is 14.8. The Morgan fingerprint density at radius 1 is 0.885 bits per heavy atom. The molecule has 0 spiro atoms. The van der Waals surface area contributed by atoms with Crippen LogP contribution in [-0.4, -0.2) is 33.7 Å². The third-order valence-electron chi connectivity index (χ3n) is 3.87. The highest BCUT2D eigenvalue weighted by Crippen LogP contribution is 2.41. The number of benzene rings is 2. The van der Waals surface area contributed by atoms with Crippen LogP contribution in [0.1, 0.15) is 0 Å². The molecule has 1 heterocycles. The number of rotatable bonds is 6. The number of hydrogen-bond acceptors (Lipinski definition) is 7. The molecule has 0 unspecified atom stereocenters. The van der Waals surface area contributed by atoms with Gasteiger partial charge in [-0.2, -0.15) is 0 Å². The summed E-state index contributed by atoms with van der Waals surface area (Å²) in [4.78, 5) is 0. The zero-order chi connectivity index (χ0) is 18.7. The van der Waals surface area contributed by atoms with Gasteiger partial charge in [0.05, 0.1) is 39.3 Å². The molecule has 136 valence electrons. The second kappa shape index (κ2) is 7.22. The minimum Gasteiger partial charge on any atom is -0.539 e. The third kappa shape index (κ3) is 2.97. The molecule has 0 bridgehead atoms. The molecule has 0 aliphatic heterocycles. The Kier molecular flexibility index (Phi) is 4.83. The smallest absolute Gasteiger partial charge is 0.271 e. The van der Waals surface area contributed by atoms with Crippen LogP contribution in [0, 0.1) is 0 Å². The molecule has 0 saturated carbocycles. The van der Waals surface area contributed by atoms with E-state index < -0.39 is 5.95 Å². The summed E-state index contributed by atoms with van der Waals surface area (Å²) in [5.41, 5.74) is 1.39. The molecule has 0 amide bonds. The molecule has 0 atom stereocenters. The molecule has 1 aromatic heterocycles. The lowest BCUT2D eigenvalue weighted by Gasteiger charge is -2.13. The van der Waals surface area contributed by atoms with Crippen molar-refractivity contribution in [3.63, 3.8) is 0 Å². The van der Waals surface area contributed by atoms with Gasteiger partial charge in [-0.05, 0) is 28.9 Å². The zero-order valence-electron chi connectivity index (χ0n) is 14.8. The lowest BCUT2D eigenvalue weighted by Crippen LogP contribution is -2.34. The average Bonchev–Trinajstić information content (AvgIpc) is 3.08. The van der Waals surface area contributed by atoms with Crippen LogP contribution in [0.25, 0.3) is 16.9 Å². The van der Waals surface area contributed by atoms with Gasteiger partial charge in [0.25, 0.3) is 5.69 Å². The maximum absolute atomic E-state index is 12.3. The second-order valence-corrected chi connectivity index (χ2v) is 5.23. The molecule has 3 rings (SSSR count). The fraction of sp³-hybridized carbons (Fsp3) is 0.222.